The number of hydrogen-bond donors (Lipinski definition) is 1. The number of methoxy groups -OCH3 is 1. The molecule has 26 heavy (non-hydrogen) atoms. The first-order valence-electron chi connectivity index (χ1n) is 9.07. The molecule has 1 aliphatic carbocycles. The first-order valence-corrected chi connectivity index (χ1v) is 10.5. The lowest BCUT2D eigenvalue weighted by atomic mass is 10.1. The van der Waals surface area contributed by atoms with Crippen LogP contribution >= 0.6 is 0 Å². The summed E-state index contributed by atoms with van der Waals surface area (Å²) in [7, 11) is -2.12. The molecule has 1 aromatic carbocycles. The predicted molar refractivity (Wildman–Crippen MR) is 104 cm³/mol. The highest BCUT2D eigenvalue weighted by molar-refractivity contribution is 7.89. The average molecular weight is 377 g/mol. The van der Waals surface area contributed by atoms with E-state index in [1.54, 1.807) is 12.1 Å². The van der Waals surface area contributed by atoms with Gasteiger partial charge in [-0.05, 0) is 81.8 Å². The van der Waals surface area contributed by atoms with Crippen LogP contribution in [-0.4, -0.2) is 26.6 Å². The fourth-order valence-corrected chi connectivity index (χ4v) is 4.79. The number of rotatable bonds is 7. The number of ether oxygens (including phenoxy) is 1. The van der Waals surface area contributed by atoms with E-state index in [-0.39, 0.29) is 4.90 Å². The zero-order valence-electron chi connectivity index (χ0n) is 16.2. The lowest BCUT2D eigenvalue weighted by Crippen LogP contribution is -2.26. The fraction of sp³-hybridized carbons (Fsp3) is 0.500. The first kappa shape index (κ1) is 19.0. The van der Waals surface area contributed by atoms with Crippen molar-refractivity contribution in [2.45, 2.75) is 57.9 Å². The molecule has 0 bridgehead atoms. The summed E-state index contributed by atoms with van der Waals surface area (Å²) in [6.07, 6.45) is 3.17. The average Bonchev–Trinajstić information content (AvgIpc) is 3.36. The summed E-state index contributed by atoms with van der Waals surface area (Å²) in [6, 6.07) is 6.27. The zero-order valence-corrected chi connectivity index (χ0v) is 17.0. The molecule has 142 valence electrons. The molecule has 0 saturated heterocycles. The van der Waals surface area contributed by atoms with Crippen LogP contribution < -0.4 is 9.46 Å². The Bertz CT molecular complexity index is 925. The molecule has 0 aliphatic heterocycles. The minimum atomic E-state index is -3.61. The second-order valence-electron chi connectivity index (χ2n) is 7.23. The van der Waals surface area contributed by atoms with Crippen LogP contribution in [0.15, 0.2) is 23.1 Å². The summed E-state index contributed by atoms with van der Waals surface area (Å²) >= 11 is 0. The molecule has 2 aromatic rings. The van der Waals surface area contributed by atoms with Crippen LogP contribution in [0.25, 0.3) is 0 Å². The Kier molecular flexibility index (Phi) is 5.17. The van der Waals surface area contributed by atoms with E-state index in [9.17, 15) is 8.42 Å². The Morgan fingerprint density at radius 1 is 1.12 bits per heavy atom. The van der Waals surface area contributed by atoms with Crippen LogP contribution in [0.4, 0.5) is 0 Å². The smallest absolute Gasteiger partial charge is 0.244 e. The summed E-state index contributed by atoms with van der Waals surface area (Å²) in [4.78, 5) is 0.201. The van der Waals surface area contributed by atoms with Gasteiger partial charge >= 0.3 is 0 Å². The number of sulfonamides is 1. The van der Waals surface area contributed by atoms with Crippen molar-refractivity contribution in [1.82, 2.24) is 9.29 Å². The third-order valence-electron chi connectivity index (χ3n) is 5.26. The first-order chi connectivity index (χ1) is 12.2. The molecule has 0 spiro atoms. The lowest BCUT2D eigenvalue weighted by Gasteiger charge is -2.13. The molecule has 6 heteroatoms. The summed E-state index contributed by atoms with van der Waals surface area (Å²) in [5, 5.41) is 0. The SMILES string of the molecule is COc1cc(C)c(C)cc1S(=O)(=O)NCCc1cc(C)n(C2CC2)c1C. The molecule has 5 nitrogen and oxygen atoms in total. The summed E-state index contributed by atoms with van der Waals surface area (Å²) in [5.74, 6) is 0.382. The van der Waals surface area contributed by atoms with Crippen molar-refractivity contribution >= 4 is 10.0 Å². The van der Waals surface area contributed by atoms with E-state index in [1.807, 2.05) is 13.8 Å². The van der Waals surface area contributed by atoms with Gasteiger partial charge in [-0.3, -0.25) is 0 Å². The highest BCUT2D eigenvalue weighted by atomic mass is 32.2. The monoisotopic (exact) mass is 376 g/mol. The maximum Gasteiger partial charge on any atom is 0.244 e. The van der Waals surface area contributed by atoms with Crippen molar-refractivity contribution in [3.05, 3.63) is 46.3 Å². The minimum Gasteiger partial charge on any atom is -0.495 e. The van der Waals surface area contributed by atoms with Gasteiger partial charge in [-0.15, -0.1) is 0 Å². The fourth-order valence-electron chi connectivity index (χ4n) is 3.52. The molecule has 1 heterocycles. The second kappa shape index (κ2) is 7.08. The maximum absolute atomic E-state index is 12.7. The van der Waals surface area contributed by atoms with Gasteiger partial charge in [0.15, 0.2) is 0 Å². The highest BCUT2D eigenvalue weighted by Crippen LogP contribution is 2.38. The molecule has 1 saturated carbocycles. The van der Waals surface area contributed by atoms with Crippen molar-refractivity contribution < 1.29 is 13.2 Å². The van der Waals surface area contributed by atoms with Crippen LogP contribution in [0.5, 0.6) is 5.75 Å². The molecule has 1 N–H and O–H groups in total. The van der Waals surface area contributed by atoms with Crippen molar-refractivity contribution in [3.63, 3.8) is 0 Å². The topological polar surface area (TPSA) is 60.3 Å². The van der Waals surface area contributed by atoms with Gasteiger partial charge in [0.05, 0.1) is 7.11 Å². The molecule has 1 aliphatic rings. The van der Waals surface area contributed by atoms with Crippen LogP contribution in [0, 0.1) is 27.7 Å². The Morgan fingerprint density at radius 2 is 1.77 bits per heavy atom. The molecule has 1 fully saturated rings. The van der Waals surface area contributed by atoms with Gasteiger partial charge in [0, 0.05) is 24.0 Å². The minimum absolute atomic E-state index is 0.201. The van der Waals surface area contributed by atoms with E-state index in [1.165, 1.54) is 36.9 Å². The number of aryl methyl sites for hydroxylation is 3. The van der Waals surface area contributed by atoms with Gasteiger partial charge < -0.3 is 9.30 Å². The molecule has 3 rings (SSSR count). The Labute approximate surface area is 156 Å². The molecule has 1 aromatic heterocycles. The Morgan fingerprint density at radius 3 is 2.38 bits per heavy atom. The van der Waals surface area contributed by atoms with E-state index in [4.69, 9.17) is 4.74 Å². The molecule has 0 unspecified atom stereocenters. The van der Waals surface area contributed by atoms with E-state index >= 15 is 0 Å². The summed E-state index contributed by atoms with van der Waals surface area (Å²) in [5.41, 5.74) is 5.67. The van der Waals surface area contributed by atoms with Gasteiger partial charge in [-0.25, -0.2) is 13.1 Å². The number of benzene rings is 1. The van der Waals surface area contributed by atoms with Gasteiger partial charge in [0.25, 0.3) is 0 Å². The third-order valence-corrected chi connectivity index (χ3v) is 6.74. The van der Waals surface area contributed by atoms with E-state index < -0.39 is 10.0 Å². The molecular weight excluding hydrogens is 348 g/mol. The summed E-state index contributed by atoms with van der Waals surface area (Å²) < 4.78 is 35.9. The number of aromatic nitrogens is 1. The van der Waals surface area contributed by atoms with Gasteiger partial charge in [-0.1, -0.05) is 0 Å². The van der Waals surface area contributed by atoms with Crippen molar-refractivity contribution in [2.75, 3.05) is 13.7 Å². The third kappa shape index (κ3) is 3.67. The zero-order chi connectivity index (χ0) is 19.1. The standard InChI is InChI=1S/C20H28N2O3S/c1-13-10-19(25-5)20(11-14(13)2)26(23,24)21-9-8-17-12-15(3)22(16(17)4)18-6-7-18/h10-12,18,21H,6-9H2,1-5H3. The van der Waals surface area contributed by atoms with Crippen LogP contribution in [-0.2, 0) is 16.4 Å². The Hall–Kier alpha value is -1.79. The van der Waals surface area contributed by atoms with Crippen LogP contribution in [0.1, 0.15) is 47.0 Å². The van der Waals surface area contributed by atoms with Crippen molar-refractivity contribution in [1.29, 1.82) is 0 Å². The van der Waals surface area contributed by atoms with E-state index in [2.05, 4.69) is 29.2 Å². The number of nitrogens with one attached hydrogen (secondary N) is 1. The Balaban J connectivity index is 1.74. The largest absolute Gasteiger partial charge is 0.495 e. The number of hydrogen-bond acceptors (Lipinski definition) is 3. The van der Waals surface area contributed by atoms with E-state index in [0.717, 1.165) is 11.1 Å². The number of nitrogens with zero attached hydrogens (tertiary/aromatic N) is 1. The quantitative estimate of drug-likeness (QED) is 0.803. The molecule has 0 radical (unpaired) electrons. The predicted octanol–water partition coefficient (Wildman–Crippen LogP) is 3.59. The second-order valence-corrected chi connectivity index (χ2v) is 8.97. The van der Waals surface area contributed by atoms with E-state index in [0.29, 0.717) is 24.8 Å². The molecule has 0 amide bonds. The van der Waals surface area contributed by atoms with Crippen molar-refractivity contribution in [3.8, 4) is 5.75 Å². The van der Waals surface area contributed by atoms with Crippen LogP contribution in [0.2, 0.25) is 0 Å². The highest BCUT2D eigenvalue weighted by Gasteiger charge is 2.27. The van der Waals surface area contributed by atoms with Gasteiger partial charge in [-0.2, -0.15) is 0 Å². The van der Waals surface area contributed by atoms with Gasteiger partial charge in [0.2, 0.25) is 10.0 Å². The maximum atomic E-state index is 12.7. The molecular formula is C20H28N2O3S. The van der Waals surface area contributed by atoms with Crippen molar-refractivity contribution in [2.24, 2.45) is 0 Å². The molecule has 0 atom stereocenters. The van der Waals surface area contributed by atoms with Gasteiger partial charge in [0.1, 0.15) is 10.6 Å². The normalized spacial score (nSPS) is 14.7. The lowest BCUT2D eigenvalue weighted by molar-refractivity contribution is 0.402. The summed E-state index contributed by atoms with van der Waals surface area (Å²) in [6.45, 7) is 8.46. The van der Waals surface area contributed by atoms with Crippen LogP contribution in [0.3, 0.4) is 0 Å².